The number of hydrogen-bond acceptors (Lipinski definition) is 2. The van der Waals surface area contributed by atoms with Gasteiger partial charge in [0.1, 0.15) is 5.76 Å². The molecule has 11 heavy (non-hydrogen) atoms. The van der Waals surface area contributed by atoms with Crippen molar-refractivity contribution in [2.45, 2.75) is 26.2 Å². The van der Waals surface area contributed by atoms with Gasteiger partial charge in [-0.3, -0.25) is 4.79 Å². The third-order valence-corrected chi connectivity index (χ3v) is 1.86. The van der Waals surface area contributed by atoms with Gasteiger partial charge in [0.15, 0.2) is 12.0 Å². The minimum Gasteiger partial charge on any atom is -0.458 e. The van der Waals surface area contributed by atoms with Crippen LogP contribution in [-0.2, 0) is 0 Å². The fraction of sp³-hybridized carbons (Fsp3) is 0.444. The molecular formula is C9H12O2. The summed E-state index contributed by atoms with van der Waals surface area (Å²) in [4.78, 5) is 10.2. The first-order chi connectivity index (χ1) is 5.27. The van der Waals surface area contributed by atoms with Crippen LogP contribution >= 0.6 is 0 Å². The first kappa shape index (κ1) is 8.05. The van der Waals surface area contributed by atoms with Crippen molar-refractivity contribution in [2.75, 3.05) is 0 Å². The maximum atomic E-state index is 10.2. The summed E-state index contributed by atoms with van der Waals surface area (Å²) in [6.45, 7) is 4.17. The number of aldehydes is 1. The molecule has 2 heteroatoms. The Morgan fingerprint density at radius 3 is 2.82 bits per heavy atom. The molecule has 0 amide bonds. The van der Waals surface area contributed by atoms with E-state index < -0.39 is 0 Å². The Labute approximate surface area is 66.2 Å². The predicted molar refractivity (Wildman–Crippen MR) is 42.8 cm³/mol. The van der Waals surface area contributed by atoms with Crippen molar-refractivity contribution in [3.05, 3.63) is 23.7 Å². The number of carbonyl (C=O) groups is 1. The van der Waals surface area contributed by atoms with Gasteiger partial charge in [0.2, 0.25) is 0 Å². The fourth-order valence-corrected chi connectivity index (χ4v) is 0.898. The first-order valence-electron chi connectivity index (χ1n) is 3.82. The summed E-state index contributed by atoms with van der Waals surface area (Å²) >= 11 is 0. The lowest BCUT2D eigenvalue weighted by atomic mass is 10.1. The Kier molecular flexibility index (Phi) is 2.47. The molecule has 1 unspecified atom stereocenters. The van der Waals surface area contributed by atoms with Gasteiger partial charge in [0.05, 0.1) is 0 Å². The Balaban J connectivity index is 2.79. The number of carbonyl (C=O) groups excluding carboxylic acids is 1. The SMILES string of the molecule is CCC(C)c1ccc(C=O)o1. The third kappa shape index (κ3) is 1.70. The van der Waals surface area contributed by atoms with E-state index in [0.29, 0.717) is 11.7 Å². The van der Waals surface area contributed by atoms with Gasteiger partial charge in [-0.2, -0.15) is 0 Å². The Hall–Kier alpha value is -1.05. The highest BCUT2D eigenvalue weighted by Gasteiger charge is 2.06. The summed E-state index contributed by atoms with van der Waals surface area (Å²) in [5.41, 5.74) is 0. The van der Waals surface area contributed by atoms with E-state index in [-0.39, 0.29) is 0 Å². The van der Waals surface area contributed by atoms with Gasteiger partial charge in [-0.05, 0) is 18.6 Å². The molecule has 0 aliphatic rings. The summed E-state index contributed by atoms with van der Waals surface area (Å²) < 4.78 is 5.22. The highest BCUT2D eigenvalue weighted by molar-refractivity contribution is 5.70. The minimum absolute atomic E-state index is 0.406. The number of rotatable bonds is 3. The van der Waals surface area contributed by atoms with E-state index in [1.54, 1.807) is 6.07 Å². The second-order valence-electron chi connectivity index (χ2n) is 2.67. The van der Waals surface area contributed by atoms with E-state index in [4.69, 9.17) is 4.42 Å². The van der Waals surface area contributed by atoms with Gasteiger partial charge in [-0.25, -0.2) is 0 Å². The molecule has 0 aliphatic heterocycles. The molecule has 0 aromatic carbocycles. The standard InChI is InChI=1S/C9H12O2/c1-3-7(2)9-5-4-8(6-10)11-9/h4-7H,3H2,1-2H3. The van der Waals surface area contributed by atoms with Crippen molar-refractivity contribution in [3.8, 4) is 0 Å². The van der Waals surface area contributed by atoms with E-state index in [0.717, 1.165) is 18.5 Å². The molecule has 2 nitrogen and oxygen atoms in total. The molecular weight excluding hydrogens is 140 g/mol. The molecule has 1 aromatic rings. The van der Waals surface area contributed by atoms with Crippen molar-refractivity contribution in [1.29, 1.82) is 0 Å². The van der Waals surface area contributed by atoms with Crippen LogP contribution in [0.25, 0.3) is 0 Å². The van der Waals surface area contributed by atoms with Crippen LogP contribution in [0.4, 0.5) is 0 Å². The molecule has 1 heterocycles. The van der Waals surface area contributed by atoms with Gasteiger partial charge in [-0.15, -0.1) is 0 Å². The largest absolute Gasteiger partial charge is 0.458 e. The van der Waals surface area contributed by atoms with Gasteiger partial charge >= 0.3 is 0 Å². The lowest BCUT2D eigenvalue weighted by Gasteiger charge is -2.01. The lowest BCUT2D eigenvalue weighted by molar-refractivity contribution is 0.109. The molecule has 0 aliphatic carbocycles. The van der Waals surface area contributed by atoms with Gasteiger partial charge in [0.25, 0.3) is 0 Å². The summed E-state index contributed by atoms with van der Waals surface area (Å²) in [6.07, 6.45) is 1.76. The van der Waals surface area contributed by atoms with E-state index in [1.807, 2.05) is 6.07 Å². The van der Waals surface area contributed by atoms with Crippen LogP contribution in [0.3, 0.4) is 0 Å². The normalized spacial score (nSPS) is 12.9. The van der Waals surface area contributed by atoms with E-state index in [2.05, 4.69) is 13.8 Å². The van der Waals surface area contributed by atoms with Crippen molar-refractivity contribution in [3.63, 3.8) is 0 Å². The fourth-order valence-electron chi connectivity index (χ4n) is 0.898. The Morgan fingerprint density at radius 1 is 1.64 bits per heavy atom. The van der Waals surface area contributed by atoms with Crippen LogP contribution in [0.15, 0.2) is 16.5 Å². The average Bonchev–Trinajstić information content (AvgIpc) is 2.50. The van der Waals surface area contributed by atoms with Crippen molar-refractivity contribution >= 4 is 6.29 Å². The van der Waals surface area contributed by atoms with Gasteiger partial charge < -0.3 is 4.42 Å². The van der Waals surface area contributed by atoms with E-state index in [9.17, 15) is 4.79 Å². The smallest absolute Gasteiger partial charge is 0.185 e. The molecule has 60 valence electrons. The molecule has 0 saturated carbocycles. The molecule has 0 fully saturated rings. The molecule has 1 aromatic heterocycles. The van der Waals surface area contributed by atoms with Crippen molar-refractivity contribution < 1.29 is 9.21 Å². The molecule has 0 saturated heterocycles. The van der Waals surface area contributed by atoms with Crippen LogP contribution in [0.2, 0.25) is 0 Å². The predicted octanol–water partition coefficient (Wildman–Crippen LogP) is 2.61. The highest BCUT2D eigenvalue weighted by Crippen LogP contribution is 2.19. The van der Waals surface area contributed by atoms with E-state index >= 15 is 0 Å². The molecule has 0 bridgehead atoms. The quantitative estimate of drug-likeness (QED) is 0.623. The number of furan rings is 1. The maximum Gasteiger partial charge on any atom is 0.185 e. The highest BCUT2D eigenvalue weighted by atomic mass is 16.3. The minimum atomic E-state index is 0.406. The van der Waals surface area contributed by atoms with E-state index in [1.165, 1.54) is 0 Å². The van der Waals surface area contributed by atoms with Gasteiger partial charge in [0, 0.05) is 5.92 Å². The second-order valence-corrected chi connectivity index (χ2v) is 2.67. The first-order valence-corrected chi connectivity index (χ1v) is 3.82. The second kappa shape index (κ2) is 3.37. The molecule has 0 spiro atoms. The molecule has 1 rings (SSSR count). The zero-order valence-electron chi connectivity index (χ0n) is 6.83. The topological polar surface area (TPSA) is 30.2 Å². The van der Waals surface area contributed by atoms with Crippen LogP contribution < -0.4 is 0 Å². The third-order valence-electron chi connectivity index (χ3n) is 1.86. The van der Waals surface area contributed by atoms with Crippen LogP contribution in [0.1, 0.15) is 42.5 Å². The maximum absolute atomic E-state index is 10.2. The average molecular weight is 152 g/mol. The summed E-state index contributed by atoms with van der Waals surface area (Å²) in [5, 5.41) is 0. The molecule has 1 atom stereocenters. The Bertz CT molecular complexity index is 237. The van der Waals surface area contributed by atoms with Crippen molar-refractivity contribution in [2.24, 2.45) is 0 Å². The lowest BCUT2D eigenvalue weighted by Crippen LogP contribution is -1.86. The zero-order chi connectivity index (χ0) is 8.27. The monoisotopic (exact) mass is 152 g/mol. The molecule has 0 N–H and O–H groups in total. The number of hydrogen-bond donors (Lipinski definition) is 0. The Morgan fingerprint density at radius 2 is 2.36 bits per heavy atom. The molecule has 0 radical (unpaired) electrons. The van der Waals surface area contributed by atoms with Crippen LogP contribution in [0, 0.1) is 0 Å². The summed E-state index contributed by atoms with van der Waals surface area (Å²) in [6, 6.07) is 3.56. The van der Waals surface area contributed by atoms with Crippen LogP contribution in [-0.4, -0.2) is 6.29 Å². The summed E-state index contributed by atoms with van der Waals surface area (Å²) in [7, 11) is 0. The van der Waals surface area contributed by atoms with Crippen LogP contribution in [0.5, 0.6) is 0 Å². The van der Waals surface area contributed by atoms with Gasteiger partial charge in [-0.1, -0.05) is 13.8 Å². The summed E-state index contributed by atoms with van der Waals surface area (Å²) in [5.74, 6) is 1.72. The van der Waals surface area contributed by atoms with Crippen molar-refractivity contribution in [1.82, 2.24) is 0 Å². The zero-order valence-corrected chi connectivity index (χ0v) is 6.83.